The molecule has 0 bridgehead atoms. The van der Waals surface area contributed by atoms with E-state index in [0.29, 0.717) is 5.82 Å². The first kappa shape index (κ1) is 14.9. The highest BCUT2D eigenvalue weighted by Gasteiger charge is 2.13. The predicted octanol–water partition coefficient (Wildman–Crippen LogP) is 4.21. The fourth-order valence-electron chi connectivity index (χ4n) is 2.97. The van der Waals surface area contributed by atoms with Crippen molar-refractivity contribution in [1.82, 2.24) is 30.6 Å². The first-order chi connectivity index (χ1) is 12.9. The minimum Gasteiger partial charge on any atom is -0.264 e. The van der Waals surface area contributed by atoms with Crippen molar-refractivity contribution in [3.05, 3.63) is 67.3 Å². The lowest BCUT2D eigenvalue weighted by molar-refractivity contribution is 0.881. The van der Waals surface area contributed by atoms with E-state index in [4.69, 9.17) is 0 Å². The van der Waals surface area contributed by atoms with Gasteiger partial charge in [0.05, 0.1) is 9.58 Å². The number of nitrogens with one attached hydrogen (secondary N) is 1. The van der Waals surface area contributed by atoms with E-state index in [-0.39, 0.29) is 0 Å². The van der Waals surface area contributed by atoms with Crippen LogP contribution in [0.4, 0.5) is 0 Å². The molecule has 124 valence electrons. The summed E-state index contributed by atoms with van der Waals surface area (Å²) in [4.78, 5) is 9.60. The zero-order valence-electron chi connectivity index (χ0n) is 13.5. The van der Waals surface area contributed by atoms with Gasteiger partial charge in [-0.15, -0.1) is 21.5 Å². The number of hydrogen-bond donors (Lipinski definition) is 1. The summed E-state index contributed by atoms with van der Waals surface area (Å²) in [5.41, 5.74) is 4.41. The molecule has 0 spiro atoms. The van der Waals surface area contributed by atoms with Gasteiger partial charge in [-0.1, -0.05) is 24.3 Å². The first-order valence-corrected chi connectivity index (χ1v) is 8.82. The summed E-state index contributed by atoms with van der Waals surface area (Å²) in [6.45, 7) is 0. The van der Waals surface area contributed by atoms with Crippen molar-refractivity contribution in [2.45, 2.75) is 0 Å². The molecule has 0 aliphatic heterocycles. The Morgan fingerprint density at radius 1 is 0.846 bits per heavy atom. The van der Waals surface area contributed by atoms with Crippen LogP contribution in [0.5, 0.6) is 0 Å². The number of nitrogens with zero attached hydrogens (tertiary/aromatic N) is 5. The number of benzene rings is 1. The third-order valence-corrected chi connectivity index (χ3v) is 5.25. The number of fused-ring (bicyclic) bond motifs is 1. The van der Waals surface area contributed by atoms with Crippen LogP contribution in [0.25, 0.3) is 43.0 Å². The maximum Gasteiger partial charge on any atom is 0.214 e. The summed E-state index contributed by atoms with van der Waals surface area (Å²) in [5, 5.41) is 15.4. The van der Waals surface area contributed by atoms with Crippen molar-refractivity contribution in [2.24, 2.45) is 0 Å². The normalized spacial score (nSPS) is 11.1. The van der Waals surface area contributed by atoms with Crippen LogP contribution in [0, 0.1) is 0 Å². The minimum absolute atomic E-state index is 0.598. The van der Waals surface area contributed by atoms with E-state index in [2.05, 4.69) is 67.0 Å². The summed E-state index contributed by atoms with van der Waals surface area (Å²) >= 11 is 1.61. The monoisotopic (exact) mass is 356 g/mol. The maximum atomic E-state index is 4.42. The summed E-state index contributed by atoms with van der Waals surface area (Å²) < 4.78 is 1.09. The Morgan fingerprint density at radius 2 is 1.77 bits per heavy atom. The Bertz CT molecular complexity index is 1180. The van der Waals surface area contributed by atoms with Crippen LogP contribution >= 0.6 is 11.3 Å². The highest BCUT2D eigenvalue weighted by Crippen LogP contribution is 2.37. The Balaban J connectivity index is 1.65. The molecule has 0 fully saturated rings. The van der Waals surface area contributed by atoms with Crippen LogP contribution in [-0.2, 0) is 0 Å². The van der Waals surface area contributed by atoms with Gasteiger partial charge in [0.1, 0.15) is 0 Å². The summed E-state index contributed by atoms with van der Waals surface area (Å²) in [6, 6.07) is 14.5. The second-order valence-corrected chi connectivity index (χ2v) is 6.85. The topological polar surface area (TPSA) is 80.2 Å². The maximum absolute atomic E-state index is 4.42. The van der Waals surface area contributed by atoms with Gasteiger partial charge < -0.3 is 0 Å². The highest BCUT2D eigenvalue weighted by atomic mass is 32.1. The molecule has 0 saturated heterocycles. The minimum atomic E-state index is 0.598. The standard InChI is InChI=1S/C19H12N6S/c1-3-12(14-5-2-6-20-9-14)7-13(4-1)16-10-21-11-18-15(16)8-17(26-18)19-22-24-25-23-19/h1-11H,(H,22,23,24,25). The highest BCUT2D eigenvalue weighted by molar-refractivity contribution is 7.22. The number of thiophene rings is 1. The van der Waals surface area contributed by atoms with Crippen molar-refractivity contribution in [2.75, 3.05) is 0 Å². The first-order valence-electron chi connectivity index (χ1n) is 8.01. The van der Waals surface area contributed by atoms with Gasteiger partial charge in [-0.2, -0.15) is 5.21 Å². The molecule has 26 heavy (non-hydrogen) atoms. The lowest BCUT2D eigenvalue weighted by atomic mass is 9.99. The average molecular weight is 356 g/mol. The second kappa shape index (κ2) is 6.12. The molecule has 1 N–H and O–H groups in total. The van der Waals surface area contributed by atoms with Gasteiger partial charge in [-0.3, -0.25) is 9.97 Å². The average Bonchev–Trinajstić information content (AvgIpc) is 3.38. The van der Waals surface area contributed by atoms with Gasteiger partial charge in [0.25, 0.3) is 0 Å². The zero-order chi connectivity index (χ0) is 17.3. The molecule has 6 nitrogen and oxygen atoms in total. The van der Waals surface area contributed by atoms with Gasteiger partial charge in [-0.05, 0) is 34.5 Å². The van der Waals surface area contributed by atoms with Crippen LogP contribution in [0.15, 0.2) is 67.3 Å². The van der Waals surface area contributed by atoms with E-state index >= 15 is 0 Å². The van der Waals surface area contributed by atoms with E-state index in [1.165, 1.54) is 0 Å². The smallest absolute Gasteiger partial charge is 0.214 e. The van der Waals surface area contributed by atoms with Gasteiger partial charge >= 0.3 is 0 Å². The number of tetrazole rings is 1. The molecule has 0 saturated carbocycles. The van der Waals surface area contributed by atoms with E-state index < -0.39 is 0 Å². The second-order valence-electron chi connectivity index (χ2n) is 5.77. The number of hydrogen-bond acceptors (Lipinski definition) is 6. The lowest BCUT2D eigenvalue weighted by Crippen LogP contribution is -1.84. The van der Waals surface area contributed by atoms with Crippen molar-refractivity contribution in [3.63, 3.8) is 0 Å². The molecule has 1 aromatic carbocycles. The van der Waals surface area contributed by atoms with E-state index in [1.54, 1.807) is 17.5 Å². The SMILES string of the molecule is c1cncc(-c2cccc(-c3cncc4sc(-c5nn[nH]n5)cc34)c2)c1. The van der Waals surface area contributed by atoms with Crippen molar-refractivity contribution in [1.29, 1.82) is 0 Å². The van der Waals surface area contributed by atoms with E-state index in [0.717, 1.165) is 37.2 Å². The quantitative estimate of drug-likeness (QED) is 0.524. The lowest BCUT2D eigenvalue weighted by Gasteiger charge is -2.06. The van der Waals surface area contributed by atoms with Gasteiger partial charge in [-0.25, -0.2) is 0 Å². The fourth-order valence-corrected chi connectivity index (χ4v) is 3.95. The molecule has 0 unspecified atom stereocenters. The third kappa shape index (κ3) is 2.55. The number of pyridine rings is 2. The van der Waals surface area contributed by atoms with Gasteiger partial charge in [0, 0.05) is 41.3 Å². The van der Waals surface area contributed by atoms with Crippen molar-refractivity contribution < 1.29 is 0 Å². The summed E-state index contributed by atoms with van der Waals surface area (Å²) in [6.07, 6.45) is 7.43. The van der Waals surface area contributed by atoms with E-state index in [9.17, 15) is 0 Å². The third-order valence-electron chi connectivity index (χ3n) is 4.18. The Kier molecular flexibility index (Phi) is 3.50. The molecular formula is C19H12N6S. The van der Waals surface area contributed by atoms with Crippen LogP contribution in [-0.4, -0.2) is 30.6 Å². The number of rotatable bonds is 3. The van der Waals surface area contributed by atoms with E-state index in [1.807, 2.05) is 24.7 Å². The largest absolute Gasteiger partial charge is 0.264 e. The molecule has 4 heterocycles. The molecule has 5 rings (SSSR count). The molecule has 0 radical (unpaired) electrons. The fraction of sp³-hybridized carbons (Fsp3) is 0. The van der Waals surface area contributed by atoms with Gasteiger partial charge in [0.2, 0.25) is 5.82 Å². The molecule has 4 aromatic heterocycles. The number of aromatic nitrogens is 6. The molecule has 0 atom stereocenters. The number of aromatic amines is 1. The van der Waals surface area contributed by atoms with Crippen LogP contribution in [0.3, 0.4) is 0 Å². The van der Waals surface area contributed by atoms with Gasteiger partial charge in [0.15, 0.2) is 0 Å². The van der Waals surface area contributed by atoms with Crippen LogP contribution in [0.2, 0.25) is 0 Å². The molecule has 0 aliphatic rings. The predicted molar refractivity (Wildman–Crippen MR) is 101 cm³/mol. The molecule has 7 heteroatoms. The van der Waals surface area contributed by atoms with Crippen molar-refractivity contribution in [3.8, 4) is 33.0 Å². The number of H-pyrrole nitrogens is 1. The molecule has 0 aliphatic carbocycles. The van der Waals surface area contributed by atoms with Crippen LogP contribution < -0.4 is 0 Å². The molecular weight excluding hydrogens is 344 g/mol. The van der Waals surface area contributed by atoms with Crippen LogP contribution in [0.1, 0.15) is 0 Å². The molecule has 5 aromatic rings. The Labute approximate surface area is 152 Å². The zero-order valence-corrected chi connectivity index (χ0v) is 14.3. The molecule has 0 amide bonds. The van der Waals surface area contributed by atoms with Crippen molar-refractivity contribution >= 4 is 21.4 Å². The Hall–Kier alpha value is -3.45. The summed E-state index contributed by atoms with van der Waals surface area (Å²) in [5.74, 6) is 0.598. The summed E-state index contributed by atoms with van der Waals surface area (Å²) in [7, 11) is 0. The Morgan fingerprint density at radius 3 is 2.62 bits per heavy atom.